The molecule has 0 aliphatic carbocycles. The minimum absolute atomic E-state index is 0.163. The van der Waals surface area contributed by atoms with Crippen molar-refractivity contribution in [2.75, 3.05) is 26.2 Å². The van der Waals surface area contributed by atoms with Gasteiger partial charge in [0.15, 0.2) is 0 Å². The number of carbonyl (C=O) groups is 1. The molecule has 0 saturated carbocycles. The molecule has 2 saturated heterocycles. The molecule has 1 atom stereocenters. The lowest BCUT2D eigenvalue weighted by Crippen LogP contribution is -2.39. The van der Waals surface area contributed by atoms with Crippen LogP contribution >= 0.6 is 15.9 Å². The summed E-state index contributed by atoms with van der Waals surface area (Å²) in [6.45, 7) is 3.98. The van der Waals surface area contributed by atoms with Gasteiger partial charge in [-0.25, -0.2) is 4.39 Å². The molecule has 2 aliphatic rings. The van der Waals surface area contributed by atoms with Gasteiger partial charge in [-0.2, -0.15) is 0 Å². The third-order valence-corrected chi connectivity index (χ3v) is 5.27. The Balaban J connectivity index is 1.57. The van der Waals surface area contributed by atoms with E-state index in [0.29, 0.717) is 24.4 Å². The number of benzene rings is 1. The predicted octanol–water partition coefficient (Wildman–Crippen LogP) is 3.22. The average molecular weight is 369 g/mol. The van der Waals surface area contributed by atoms with Crippen molar-refractivity contribution in [3.8, 4) is 0 Å². The Labute approximate surface area is 139 Å². The molecule has 0 N–H and O–H groups in total. The minimum Gasteiger partial charge on any atom is -0.341 e. The van der Waals surface area contributed by atoms with Crippen molar-refractivity contribution in [1.29, 1.82) is 0 Å². The molecule has 120 valence electrons. The summed E-state index contributed by atoms with van der Waals surface area (Å²) in [5, 5.41) is 0. The second kappa shape index (κ2) is 7.09. The highest BCUT2D eigenvalue weighted by molar-refractivity contribution is 9.10. The molecule has 1 aromatic rings. The van der Waals surface area contributed by atoms with E-state index in [9.17, 15) is 9.18 Å². The number of amides is 1. The van der Waals surface area contributed by atoms with Crippen LogP contribution < -0.4 is 0 Å². The van der Waals surface area contributed by atoms with Crippen molar-refractivity contribution in [1.82, 2.24) is 9.80 Å². The molecule has 0 spiro atoms. The first-order valence-electron chi connectivity index (χ1n) is 8.09. The molecule has 0 aromatic heterocycles. The molecule has 3 rings (SSSR count). The number of hydrogen-bond donors (Lipinski definition) is 0. The van der Waals surface area contributed by atoms with Crippen LogP contribution in [0.15, 0.2) is 22.7 Å². The van der Waals surface area contributed by atoms with Gasteiger partial charge in [-0.15, -0.1) is 0 Å². The van der Waals surface area contributed by atoms with Gasteiger partial charge in [0.2, 0.25) is 5.91 Å². The van der Waals surface area contributed by atoms with Crippen LogP contribution in [0.5, 0.6) is 0 Å². The Morgan fingerprint density at radius 1 is 1.27 bits per heavy atom. The van der Waals surface area contributed by atoms with Gasteiger partial charge < -0.3 is 4.90 Å². The lowest BCUT2D eigenvalue weighted by molar-refractivity contribution is -0.131. The van der Waals surface area contributed by atoms with E-state index in [1.807, 2.05) is 11.0 Å². The van der Waals surface area contributed by atoms with E-state index in [1.165, 1.54) is 25.5 Å². The van der Waals surface area contributed by atoms with E-state index >= 15 is 0 Å². The second-order valence-electron chi connectivity index (χ2n) is 6.26. The van der Waals surface area contributed by atoms with Crippen LogP contribution in [0.25, 0.3) is 0 Å². The highest BCUT2D eigenvalue weighted by Gasteiger charge is 2.30. The Bertz CT molecular complexity index is 551. The van der Waals surface area contributed by atoms with Gasteiger partial charge in [0.25, 0.3) is 0 Å². The smallest absolute Gasteiger partial charge is 0.222 e. The second-order valence-corrected chi connectivity index (χ2v) is 7.18. The maximum atomic E-state index is 13.8. The lowest BCUT2D eigenvalue weighted by Gasteiger charge is -2.25. The molecule has 1 aromatic carbocycles. The summed E-state index contributed by atoms with van der Waals surface area (Å²) in [4.78, 5) is 17.0. The summed E-state index contributed by atoms with van der Waals surface area (Å²) >= 11 is 3.25. The fourth-order valence-electron chi connectivity index (χ4n) is 3.56. The van der Waals surface area contributed by atoms with Crippen LogP contribution in [-0.2, 0) is 11.2 Å². The zero-order valence-corrected chi connectivity index (χ0v) is 14.3. The number of halogens is 2. The van der Waals surface area contributed by atoms with E-state index in [-0.39, 0.29) is 11.7 Å². The maximum absolute atomic E-state index is 13.8. The van der Waals surface area contributed by atoms with Crippen LogP contribution in [0.4, 0.5) is 4.39 Å². The first-order valence-corrected chi connectivity index (χ1v) is 8.88. The molecule has 2 fully saturated rings. The fraction of sp³-hybridized carbons (Fsp3) is 0.588. The van der Waals surface area contributed by atoms with Crippen LogP contribution in [0.2, 0.25) is 0 Å². The van der Waals surface area contributed by atoms with Gasteiger partial charge in [0.05, 0.1) is 0 Å². The number of nitrogens with zero attached hydrogens (tertiary/aromatic N) is 2. The Morgan fingerprint density at radius 3 is 2.91 bits per heavy atom. The monoisotopic (exact) mass is 368 g/mol. The van der Waals surface area contributed by atoms with Crippen LogP contribution in [0.1, 0.15) is 31.2 Å². The Morgan fingerprint density at radius 2 is 2.09 bits per heavy atom. The van der Waals surface area contributed by atoms with Crippen molar-refractivity contribution in [2.24, 2.45) is 0 Å². The van der Waals surface area contributed by atoms with Crippen LogP contribution in [0.3, 0.4) is 0 Å². The van der Waals surface area contributed by atoms with E-state index in [1.54, 1.807) is 6.07 Å². The summed E-state index contributed by atoms with van der Waals surface area (Å²) in [5.41, 5.74) is 0.619. The molecule has 0 bridgehead atoms. The van der Waals surface area contributed by atoms with Crippen molar-refractivity contribution in [3.05, 3.63) is 34.1 Å². The number of fused-ring (bicyclic) bond motifs is 1. The summed E-state index contributed by atoms with van der Waals surface area (Å²) in [7, 11) is 0. The molecule has 1 amide bonds. The molecular weight excluding hydrogens is 347 g/mol. The van der Waals surface area contributed by atoms with Crippen molar-refractivity contribution < 1.29 is 9.18 Å². The SMILES string of the molecule is O=C(CCc1ccc(Br)cc1F)N1CCCN2CCC[C@@H]2C1. The van der Waals surface area contributed by atoms with Gasteiger partial charge in [-0.3, -0.25) is 9.69 Å². The van der Waals surface area contributed by atoms with E-state index in [4.69, 9.17) is 0 Å². The van der Waals surface area contributed by atoms with Crippen molar-refractivity contribution in [2.45, 2.75) is 38.1 Å². The van der Waals surface area contributed by atoms with Crippen molar-refractivity contribution >= 4 is 21.8 Å². The number of carbonyl (C=O) groups excluding carboxylic acids is 1. The highest BCUT2D eigenvalue weighted by Crippen LogP contribution is 2.22. The molecule has 0 radical (unpaired) electrons. The summed E-state index contributed by atoms with van der Waals surface area (Å²) in [6.07, 6.45) is 4.37. The molecule has 0 unspecified atom stereocenters. The van der Waals surface area contributed by atoms with Crippen LogP contribution in [-0.4, -0.2) is 47.9 Å². The molecule has 3 nitrogen and oxygen atoms in total. The highest BCUT2D eigenvalue weighted by atomic mass is 79.9. The predicted molar refractivity (Wildman–Crippen MR) is 88.2 cm³/mol. The summed E-state index contributed by atoms with van der Waals surface area (Å²) in [6, 6.07) is 5.58. The zero-order valence-electron chi connectivity index (χ0n) is 12.7. The lowest BCUT2D eigenvalue weighted by atomic mass is 10.1. The van der Waals surface area contributed by atoms with Crippen molar-refractivity contribution in [3.63, 3.8) is 0 Å². The van der Waals surface area contributed by atoms with E-state index in [0.717, 1.165) is 30.5 Å². The average Bonchev–Trinajstić information content (AvgIpc) is 2.83. The molecular formula is C17H22BrFN2O. The van der Waals surface area contributed by atoms with Crippen LogP contribution in [0, 0.1) is 5.82 Å². The van der Waals surface area contributed by atoms with Gasteiger partial charge in [-0.05, 0) is 49.9 Å². The summed E-state index contributed by atoms with van der Waals surface area (Å²) < 4.78 is 14.6. The minimum atomic E-state index is -0.236. The number of aryl methyl sites for hydroxylation is 1. The molecule has 2 heterocycles. The zero-order chi connectivity index (χ0) is 15.5. The largest absolute Gasteiger partial charge is 0.341 e. The van der Waals surface area contributed by atoms with Gasteiger partial charge in [0.1, 0.15) is 5.82 Å². The van der Waals surface area contributed by atoms with E-state index < -0.39 is 0 Å². The summed E-state index contributed by atoms with van der Waals surface area (Å²) in [5.74, 6) is -0.0731. The quantitative estimate of drug-likeness (QED) is 0.817. The number of rotatable bonds is 3. The molecule has 2 aliphatic heterocycles. The first-order chi connectivity index (χ1) is 10.6. The fourth-order valence-corrected chi connectivity index (χ4v) is 3.89. The third-order valence-electron chi connectivity index (χ3n) is 4.78. The Kier molecular flexibility index (Phi) is 5.14. The van der Waals surface area contributed by atoms with Gasteiger partial charge in [-0.1, -0.05) is 22.0 Å². The topological polar surface area (TPSA) is 23.6 Å². The van der Waals surface area contributed by atoms with Gasteiger partial charge >= 0.3 is 0 Å². The van der Waals surface area contributed by atoms with E-state index in [2.05, 4.69) is 20.8 Å². The first kappa shape index (κ1) is 15.9. The third kappa shape index (κ3) is 3.69. The number of hydrogen-bond acceptors (Lipinski definition) is 2. The molecule has 5 heteroatoms. The Hall–Kier alpha value is -0.940. The standard InChI is InChI=1S/C17H22BrFN2O/c18-14-6-4-13(16(19)11-14)5-7-17(22)21-10-2-9-20-8-1-3-15(20)12-21/h4,6,11,15H,1-3,5,7-10,12H2/t15-/m1/s1. The maximum Gasteiger partial charge on any atom is 0.222 e. The molecule has 22 heavy (non-hydrogen) atoms. The van der Waals surface area contributed by atoms with Gasteiger partial charge in [0, 0.05) is 36.6 Å². The normalized spacial score (nSPS) is 22.5.